The van der Waals surface area contributed by atoms with Crippen LogP contribution in [0.2, 0.25) is 0 Å². The van der Waals surface area contributed by atoms with Gasteiger partial charge in [0.25, 0.3) is 0 Å². The zero-order valence-corrected chi connectivity index (χ0v) is 18.2. The standard InChI is InChI=1S/C22H38NO3P/c1-4-5-6-7-8-9-10-11-12-13-14-15-16-17-18-19-20-21-22-26-27(24,23-2)25-3/h5-6,8-9,11-12,14-15,17-18H,4,7,10,13,16,19-22H2,1-3H3,(H,23,24)/b6-5-,9-8-,12-11-,15-14-,18-17-. The maximum atomic E-state index is 11.7. The van der Waals surface area contributed by atoms with Gasteiger partial charge < -0.3 is 4.52 Å². The van der Waals surface area contributed by atoms with Crippen LogP contribution in [0.3, 0.4) is 0 Å². The minimum Gasteiger partial charge on any atom is -0.300 e. The van der Waals surface area contributed by atoms with E-state index in [1.807, 2.05) is 0 Å². The molecule has 0 aromatic heterocycles. The lowest BCUT2D eigenvalue weighted by atomic mass is 10.2. The van der Waals surface area contributed by atoms with Crippen molar-refractivity contribution in [1.82, 2.24) is 5.09 Å². The van der Waals surface area contributed by atoms with E-state index in [1.165, 1.54) is 7.11 Å². The van der Waals surface area contributed by atoms with Gasteiger partial charge in [-0.15, -0.1) is 0 Å². The zero-order valence-electron chi connectivity index (χ0n) is 17.3. The first-order chi connectivity index (χ1) is 13.2. The van der Waals surface area contributed by atoms with Gasteiger partial charge in [-0.2, -0.15) is 0 Å². The van der Waals surface area contributed by atoms with E-state index < -0.39 is 7.75 Å². The Morgan fingerprint density at radius 1 is 0.778 bits per heavy atom. The number of hydrogen-bond acceptors (Lipinski definition) is 3. The smallest absolute Gasteiger partial charge is 0.300 e. The summed E-state index contributed by atoms with van der Waals surface area (Å²) in [4.78, 5) is 0. The predicted molar refractivity (Wildman–Crippen MR) is 118 cm³/mol. The van der Waals surface area contributed by atoms with Crippen molar-refractivity contribution in [3.8, 4) is 0 Å². The van der Waals surface area contributed by atoms with E-state index in [0.29, 0.717) is 6.61 Å². The summed E-state index contributed by atoms with van der Waals surface area (Å²) in [6.07, 6.45) is 30.0. The molecule has 0 radical (unpaired) electrons. The summed E-state index contributed by atoms with van der Waals surface area (Å²) in [5.74, 6) is 0. The third-order valence-electron chi connectivity index (χ3n) is 3.70. The van der Waals surface area contributed by atoms with Gasteiger partial charge in [0.1, 0.15) is 0 Å². The summed E-state index contributed by atoms with van der Waals surface area (Å²) < 4.78 is 21.8. The number of unbranched alkanes of at least 4 members (excludes halogenated alkanes) is 2. The van der Waals surface area contributed by atoms with Gasteiger partial charge in [-0.1, -0.05) is 67.7 Å². The van der Waals surface area contributed by atoms with E-state index in [1.54, 1.807) is 7.05 Å². The van der Waals surface area contributed by atoms with E-state index in [-0.39, 0.29) is 0 Å². The van der Waals surface area contributed by atoms with E-state index >= 15 is 0 Å². The largest absolute Gasteiger partial charge is 0.404 e. The molecule has 0 heterocycles. The molecule has 0 amide bonds. The Bertz CT molecular complexity index is 514. The monoisotopic (exact) mass is 395 g/mol. The normalized spacial score (nSPS) is 15.2. The van der Waals surface area contributed by atoms with Crippen molar-refractivity contribution >= 4 is 7.75 Å². The summed E-state index contributed by atoms with van der Waals surface area (Å²) in [7, 11) is -0.110. The topological polar surface area (TPSA) is 47.6 Å². The van der Waals surface area contributed by atoms with E-state index in [4.69, 9.17) is 9.05 Å². The van der Waals surface area contributed by atoms with Crippen molar-refractivity contribution in [2.24, 2.45) is 0 Å². The van der Waals surface area contributed by atoms with Crippen molar-refractivity contribution in [3.05, 3.63) is 60.8 Å². The van der Waals surface area contributed by atoms with Gasteiger partial charge in [0, 0.05) is 7.11 Å². The van der Waals surface area contributed by atoms with Crippen molar-refractivity contribution in [2.75, 3.05) is 20.8 Å². The van der Waals surface area contributed by atoms with Gasteiger partial charge >= 0.3 is 7.75 Å². The minimum atomic E-state index is -3.06. The molecule has 0 aliphatic heterocycles. The molecule has 5 heteroatoms. The van der Waals surface area contributed by atoms with Crippen LogP contribution in [-0.4, -0.2) is 20.8 Å². The lowest BCUT2D eigenvalue weighted by molar-refractivity contribution is 0.222. The van der Waals surface area contributed by atoms with Gasteiger partial charge in [-0.25, -0.2) is 9.65 Å². The van der Waals surface area contributed by atoms with Crippen LogP contribution in [0, 0.1) is 0 Å². The number of rotatable bonds is 17. The highest BCUT2D eigenvalue weighted by Gasteiger charge is 2.18. The average molecular weight is 396 g/mol. The molecule has 0 aliphatic carbocycles. The summed E-state index contributed by atoms with van der Waals surface area (Å²) in [5, 5.41) is 2.57. The Balaban J connectivity index is 3.54. The molecule has 0 saturated heterocycles. The van der Waals surface area contributed by atoms with E-state index in [0.717, 1.165) is 51.4 Å². The highest BCUT2D eigenvalue weighted by Crippen LogP contribution is 2.41. The molecule has 1 N–H and O–H groups in total. The fourth-order valence-corrected chi connectivity index (χ4v) is 2.91. The first kappa shape index (κ1) is 25.8. The molecule has 1 unspecified atom stereocenters. The fraction of sp³-hybridized carbons (Fsp3) is 0.545. The molecule has 4 nitrogen and oxygen atoms in total. The molecule has 0 rings (SSSR count). The van der Waals surface area contributed by atoms with Crippen LogP contribution in [0.25, 0.3) is 0 Å². The van der Waals surface area contributed by atoms with Gasteiger partial charge in [-0.05, 0) is 58.4 Å². The second-order valence-electron chi connectivity index (χ2n) is 5.94. The third-order valence-corrected chi connectivity index (χ3v) is 5.25. The molecular weight excluding hydrogens is 357 g/mol. The Kier molecular flexibility index (Phi) is 18.7. The van der Waals surface area contributed by atoms with Crippen LogP contribution in [-0.2, 0) is 13.6 Å². The van der Waals surface area contributed by atoms with Crippen LogP contribution in [0.5, 0.6) is 0 Å². The van der Waals surface area contributed by atoms with Crippen molar-refractivity contribution < 1.29 is 13.6 Å². The Hall–Kier alpha value is -1.19. The molecule has 0 aromatic rings. The number of nitrogens with one attached hydrogen (secondary N) is 1. The lowest BCUT2D eigenvalue weighted by Gasteiger charge is -2.14. The zero-order chi connectivity index (χ0) is 20.1. The second-order valence-corrected chi connectivity index (χ2v) is 8.01. The summed E-state index contributed by atoms with van der Waals surface area (Å²) in [5.41, 5.74) is 0. The van der Waals surface area contributed by atoms with Crippen LogP contribution in [0.1, 0.15) is 58.3 Å². The van der Waals surface area contributed by atoms with Gasteiger partial charge in [-0.3, -0.25) is 4.52 Å². The summed E-state index contributed by atoms with van der Waals surface area (Å²) in [6, 6.07) is 0. The van der Waals surface area contributed by atoms with Crippen LogP contribution < -0.4 is 5.09 Å². The average Bonchev–Trinajstić information content (AvgIpc) is 2.69. The third kappa shape index (κ3) is 18.0. The highest BCUT2D eigenvalue weighted by molar-refractivity contribution is 7.51. The van der Waals surface area contributed by atoms with Crippen molar-refractivity contribution in [2.45, 2.75) is 58.3 Å². The van der Waals surface area contributed by atoms with E-state index in [9.17, 15) is 4.57 Å². The Labute approximate surface area is 166 Å². The fourth-order valence-electron chi connectivity index (χ4n) is 2.13. The lowest BCUT2D eigenvalue weighted by Crippen LogP contribution is -2.08. The number of hydrogen-bond donors (Lipinski definition) is 1. The molecule has 1 atom stereocenters. The van der Waals surface area contributed by atoms with Gasteiger partial charge in [0.05, 0.1) is 6.61 Å². The molecular formula is C22H38NO3P. The highest BCUT2D eigenvalue weighted by atomic mass is 31.2. The first-order valence-electron chi connectivity index (χ1n) is 9.92. The first-order valence-corrected chi connectivity index (χ1v) is 11.5. The molecule has 0 fully saturated rings. The summed E-state index contributed by atoms with van der Waals surface area (Å²) in [6.45, 7) is 2.59. The quantitative estimate of drug-likeness (QED) is 0.165. The second kappa shape index (κ2) is 19.6. The van der Waals surface area contributed by atoms with Crippen molar-refractivity contribution in [3.63, 3.8) is 0 Å². The Morgan fingerprint density at radius 2 is 1.26 bits per heavy atom. The molecule has 0 bridgehead atoms. The molecule has 154 valence electrons. The molecule has 0 aliphatic rings. The predicted octanol–water partition coefficient (Wildman–Crippen LogP) is 6.90. The molecule has 0 aromatic carbocycles. The number of allylic oxidation sites excluding steroid dienone is 10. The SMILES string of the molecule is CC/C=C\C/C=C\C/C=C\C/C=C\C/C=C\CCCCOP(=O)(NC)OC. The molecule has 27 heavy (non-hydrogen) atoms. The maximum absolute atomic E-state index is 11.7. The Morgan fingerprint density at radius 3 is 1.70 bits per heavy atom. The van der Waals surface area contributed by atoms with Crippen LogP contribution >= 0.6 is 7.75 Å². The van der Waals surface area contributed by atoms with Crippen LogP contribution in [0.15, 0.2) is 60.8 Å². The van der Waals surface area contributed by atoms with Gasteiger partial charge in [0.2, 0.25) is 0 Å². The minimum absolute atomic E-state index is 0.441. The summed E-state index contributed by atoms with van der Waals surface area (Å²) >= 11 is 0. The van der Waals surface area contributed by atoms with Crippen molar-refractivity contribution in [1.29, 1.82) is 0 Å². The maximum Gasteiger partial charge on any atom is 0.404 e. The van der Waals surface area contributed by atoms with E-state index in [2.05, 4.69) is 72.8 Å². The molecule has 0 spiro atoms. The van der Waals surface area contributed by atoms with Gasteiger partial charge in [0.15, 0.2) is 0 Å². The molecule has 0 saturated carbocycles. The van der Waals surface area contributed by atoms with Crippen LogP contribution in [0.4, 0.5) is 0 Å².